The molecule has 1 aromatic carbocycles. The Bertz CT molecular complexity index is 424. The van der Waals surface area contributed by atoms with E-state index in [4.69, 9.17) is 16.3 Å². The van der Waals surface area contributed by atoms with Crippen LogP contribution in [0.5, 0.6) is 0 Å². The maximum absolute atomic E-state index is 11.7. The van der Waals surface area contributed by atoms with E-state index in [0.717, 1.165) is 11.3 Å². The van der Waals surface area contributed by atoms with Gasteiger partial charge in [-0.15, -0.1) is 0 Å². The standard InChI is InChI=1S/C11H11BrClNO2/c1-2-16-11(15)10-9(12)7-5-6(13)3-4-8(7)14-10/h3-5,9-10,14H,2H2,1H3. The summed E-state index contributed by atoms with van der Waals surface area (Å²) in [6.45, 7) is 2.17. The van der Waals surface area contributed by atoms with Gasteiger partial charge in [0.15, 0.2) is 0 Å². The highest BCUT2D eigenvalue weighted by atomic mass is 79.9. The lowest BCUT2D eigenvalue weighted by Gasteiger charge is -2.13. The van der Waals surface area contributed by atoms with Gasteiger partial charge in [0, 0.05) is 10.7 Å². The summed E-state index contributed by atoms with van der Waals surface area (Å²) in [6.07, 6.45) is 0. The van der Waals surface area contributed by atoms with E-state index in [2.05, 4.69) is 21.2 Å². The quantitative estimate of drug-likeness (QED) is 0.674. The van der Waals surface area contributed by atoms with Gasteiger partial charge in [0.05, 0.1) is 11.4 Å². The molecule has 1 aromatic rings. The second-order valence-corrected chi connectivity index (χ2v) is 4.93. The van der Waals surface area contributed by atoms with Gasteiger partial charge in [-0.25, -0.2) is 4.79 Å². The van der Waals surface area contributed by atoms with Crippen molar-refractivity contribution in [2.24, 2.45) is 0 Å². The molecule has 86 valence electrons. The predicted molar refractivity (Wildman–Crippen MR) is 67.2 cm³/mol. The highest BCUT2D eigenvalue weighted by Crippen LogP contribution is 2.41. The molecule has 0 saturated heterocycles. The number of anilines is 1. The smallest absolute Gasteiger partial charge is 0.330 e. The van der Waals surface area contributed by atoms with Gasteiger partial charge >= 0.3 is 5.97 Å². The molecule has 1 aliphatic rings. The van der Waals surface area contributed by atoms with Crippen LogP contribution in [0.3, 0.4) is 0 Å². The molecule has 1 aliphatic heterocycles. The van der Waals surface area contributed by atoms with Crippen LogP contribution in [0.2, 0.25) is 5.02 Å². The first-order valence-corrected chi connectivity index (χ1v) is 6.29. The number of fused-ring (bicyclic) bond motifs is 1. The van der Waals surface area contributed by atoms with E-state index < -0.39 is 0 Å². The number of alkyl halides is 1. The second-order valence-electron chi connectivity index (χ2n) is 3.51. The van der Waals surface area contributed by atoms with Gasteiger partial charge in [-0.2, -0.15) is 0 Å². The molecule has 2 unspecified atom stereocenters. The zero-order valence-electron chi connectivity index (χ0n) is 8.67. The van der Waals surface area contributed by atoms with Gasteiger partial charge in [-0.05, 0) is 30.7 Å². The molecule has 1 N–H and O–H groups in total. The number of halogens is 2. The van der Waals surface area contributed by atoms with Crippen molar-refractivity contribution in [2.45, 2.75) is 17.8 Å². The van der Waals surface area contributed by atoms with Gasteiger partial charge in [0.1, 0.15) is 6.04 Å². The van der Waals surface area contributed by atoms with Crippen molar-refractivity contribution in [3.8, 4) is 0 Å². The monoisotopic (exact) mass is 303 g/mol. The Morgan fingerprint density at radius 3 is 3.06 bits per heavy atom. The van der Waals surface area contributed by atoms with E-state index in [1.165, 1.54) is 0 Å². The van der Waals surface area contributed by atoms with E-state index in [1.54, 1.807) is 13.0 Å². The molecular weight excluding hydrogens is 293 g/mol. The third kappa shape index (κ3) is 2.04. The lowest BCUT2D eigenvalue weighted by molar-refractivity contribution is -0.143. The van der Waals surface area contributed by atoms with Crippen molar-refractivity contribution in [1.29, 1.82) is 0 Å². The normalized spacial score (nSPS) is 22.4. The first kappa shape index (κ1) is 11.7. The molecule has 0 spiro atoms. The highest BCUT2D eigenvalue weighted by Gasteiger charge is 2.36. The molecule has 16 heavy (non-hydrogen) atoms. The fourth-order valence-corrected chi connectivity index (χ4v) is 2.63. The summed E-state index contributed by atoms with van der Waals surface area (Å²) in [5, 5.41) is 3.78. The Morgan fingerprint density at radius 2 is 2.38 bits per heavy atom. The van der Waals surface area contributed by atoms with E-state index >= 15 is 0 Å². The fraction of sp³-hybridized carbons (Fsp3) is 0.364. The maximum Gasteiger partial charge on any atom is 0.330 e. The summed E-state index contributed by atoms with van der Waals surface area (Å²) in [6, 6.07) is 5.13. The summed E-state index contributed by atoms with van der Waals surface area (Å²) in [4.78, 5) is 11.6. The number of nitrogens with one attached hydrogen (secondary N) is 1. The van der Waals surface area contributed by atoms with Crippen LogP contribution in [0, 0.1) is 0 Å². The van der Waals surface area contributed by atoms with Gasteiger partial charge < -0.3 is 10.1 Å². The third-order valence-electron chi connectivity index (χ3n) is 2.45. The molecule has 0 aliphatic carbocycles. The van der Waals surface area contributed by atoms with Crippen molar-refractivity contribution >= 4 is 39.2 Å². The van der Waals surface area contributed by atoms with Crippen molar-refractivity contribution in [3.05, 3.63) is 28.8 Å². The topological polar surface area (TPSA) is 38.3 Å². The molecule has 0 fully saturated rings. The Kier molecular flexibility index (Phi) is 3.40. The average Bonchev–Trinajstić information content (AvgIpc) is 2.57. The first-order chi connectivity index (χ1) is 7.63. The summed E-state index contributed by atoms with van der Waals surface area (Å²) in [7, 11) is 0. The molecule has 0 amide bonds. The molecule has 1 heterocycles. The van der Waals surface area contributed by atoms with E-state index in [0.29, 0.717) is 11.6 Å². The van der Waals surface area contributed by atoms with Crippen LogP contribution >= 0.6 is 27.5 Å². The van der Waals surface area contributed by atoms with Crippen LogP contribution in [0.25, 0.3) is 0 Å². The van der Waals surface area contributed by atoms with Crippen molar-refractivity contribution in [1.82, 2.24) is 0 Å². The van der Waals surface area contributed by atoms with Crippen LogP contribution in [0.15, 0.2) is 18.2 Å². The second kappa shape index (κ2) is 4.63. The van der Waals surface area contributed by atoms with E-state index in [-0.39, 0.29) is 16.8 Å². The van der Waals surface area contributed by atoms with Crippen LogP contribution in [-0.4, -0.2) is 18.6 Å². The lowest BCUT2D eigenvalue weighted by atomic mass is 10.1. The number of hydrogen-bond acceptors (Lipinski definition) is 3. The zero-order chi connectivity index (χ0) is 11.7. The van der Waals surface area contributed by atoms with E-state index in [1.807, 2.05) is 12.1 Å². The third-order valence-corrected chi connectivity index (χ3v) is 3.71. The summed E-state index contributed by atoms with van der Waals surface area (Å²) >= 11 is 9.40. The Hall–Kier alpha value is -0.740. The minimum atomic E-state index is -0.381. The Morgan fingerprint density at radius 1 is 1.62 bits per heavy atom. The van der Waals surface area contributed by atoms with Crippen LogP contribution in [0.4, 0.5) is 5.69 Å². The largest absolute Gasteiger partial charge is 0.464 e. The number of carbonyl (C=O) groups is 1. The Labute approximate surface area is 107 Å². The molecule has 2 rings (SSSR count). The molecule has 0 radical (unpaired) electrons. The summed E-state index contributed by atoms with van der Waals surface area (Å²) in [5.74, 6) is -0.253. The molecule has 0 saturated carbocycles. The molecule has 0 aromatic heterocycles. The molecule has 2 atom stereocenters. The average molecular weight is 305 g/mol. The van der Waals surface area contributed by atoms with Crippen LogP contribution < -0.4 is 5.32 Å². The fourth-order valence-electron chi connectivity index (χ4n) is 1.72. The van der Waals surface area contributed by atoms with Crippen molar-refractivity contribution in [2.75, 3.05) is 11.9 Å². The van der Waals surface area contributed by atoms with Crippen LogP contribution in [-0.2, 0) is 9.53 Å². The highest BCUT2D eigenvalue weighted by molar-refractivity contribution is 9.09. The number of rotatable bonds is 2. The number of benzene rings is 1. The molecule has 0 bridgehead atoms. The van der Waals surface area contributed by atoms with Crippen LogP contribution in [0.1, 0.15) is 17.3 Å². The maximum atomic E-state index is 11.7. The predicted octanol–water partition coefficient (Wildman–Crippen LogP) is 3.13. The van der Waals surface area contributed by atoms with Gasteiger partial charge in [0.25, 0.3) is 0 Å². The minimum absolute atomic E-state index is 0.0970. The van der Waals surface area contributed by atoms with Crippen molar-refractivity contribution in [3.63, 3.8) is 0 Å². The molecule has 5 heteroatoms. The molecule has 3 nitrogen and oxygen atoms in total. The molecular formula is C11H11BrClNO2. The Balaban J connectivity index is 2.24. The van der Waals surface area contributed by atoms with Crippen molar-refractivity contribution < 1.29 is 9.53 Å². The van der Waals surface area contributed by atoms with Gasteiger partial charge in [-0.3, -0.25) is 0 Å². The van der Waals surface area contributed by atoms with Gasteiger partial charge in [0.2, 0.25) is 0 Å². The number of esters is 1. The number of hydrogen-bond donors (Lipinski definition) is 1. The first-order valence-electron chi connectivity index (χ1n) is 5.00. The summed E-state index contributed by atoms with van der Waals surface area (Å²) < 4.78 is 4.99. The zero-order valence-corrected chi connectivity index (χ0v) is 11.0. The van der Waals surface area contributed by atoms with E-state index in [9.17, 15) is 4.79 Å². The summed E-state index contributed by atoms with van der Waals surface area (Å²) in [5.41, 5.74) is 1.91. The van der Waals surface area contributed by atoms with Gasteiger partial charge in [-0.1, -0.05) is 27.5 Å². The SMILES string of the molecule is CCOC(=O)C1Nc2ccc(Cl)cc2C1Br. The number of carbonyl (C=O) groups excluding carboxylic acids is 1. The lowest BCUT2D eigenvalue weighted by Crippen LogP contribution is -2.30. The number of ether oxygens (including phenoxy) is 1. The minimum Gasteiger partial charge on any atom is -0.464 e.